The predicted molar refractivity (Wildman–Crippen MR) is 79.3 cm³/mol. The summed E-state index contributed by atoms with van der Waals surface area (Å²) in [6.07, 6.45) is 6.30. The van der Waals surface area contributed by atoms with Crippen LogP contribution in [-0.2, 0) is 11.3 Å². The molecule has 110 valence electrons. The molecule has 0 unspecified atom stereocenters. The number of aromatic nitrogens is 2. The standard InChI is InChI=1S/C16H13N3O3/c20-16(7-6-12-4-1-2-8-17-12)18-11-13-10-15(22-19-13)14-5-3-9-21-14/h1-10H,11H2,(H,18,20)/b7-6-. The fourth-order valence-electron chi connectivity index (χ4n) is 1.80. The van der Waals surface area contributed by atoms with E-state index in [1.165, 1.54) is 6.08 Å². The molecule has 3 aromatic heterocycles. The van der Waals surface area contributed by atoms with Gasteiger partial charge in [0.1, 0.15) is 5.69 Å². The van der Waals surface area contributed by atoms with Crippen LogP contribution in [0.5, 0.6) is 0 Å². The van der Waals surface area contributed by atoms with Gasteiger partial charge in [0.05, 0.1) is 18.5 Å². The third-order valence-corrected chi connectivity index (χ3v) is 2.86. The molecule has 0 saturated carbocycles. The predicted octanol–water partition coefficient (Wildman–Crippen LogP) is 2.66. The average molecular weight is 295 g/mol. The molecule has 0 aliphatic carbocycles. The molecule has 6 heteroatoms. The lowest BCUT2D eigenvalue weighted by atomic mass is 10.3. The summed E-state index contributed by atoms with van der Waals surface area (Å²) in [6, 6.07) is 10.8. The van der Waals surface area contributed by atoms with Crippen molar-refractivity contribution >= 4 is 12.0 Å². The third kappa shape index (κ3) is 3.49. The number of nitrogens with one attached hydrogen (secondary N) is 1. The van der Waals surface area contributed by atoms with Crippen molar-refractivity contribution in [2.45, 2.75) is 6.54 Å². The van der Waals surface area contributed by atoms with E-state index in [-0.39, 0.29) is 12.5 Å². The Morgan fingerprint density at radius 1 is 1.23 bits per heavy atom. The SMILES string of the molecule is O=C(/C=C\c1ccccn1)NCc1cc(-c2ccco2)on1. The van der Waals surface area contributed by atoms with E-state index >= 15 is 0 Å². The lowest BCUT2D eigenvalue weighted by Gasteiger charge is -1.97. The highest BCUT2D eigenvalue weighted by Crippen LogP contribution is 2.20. The van der Waals surface area contributed by atoms with Gasteiger partial charge in [0.25, 0.3) is 0 Å². The molecule has 0 aliphatic heterocycles. The number of nitrogens with zero attached hydrogens (tertiary/aromatic N) is 2. The van der Waals surface area contributed by atoms with E-state index in [0.717, 1.165) is 5.69 Å². The van der Waals surface area contributed by atoms with E-state index in [2.05, 4.69) is 15.5 Å². The van der Waals surface area contributed by atoms with Gasteiger partial charge in [0.15, 0.2) is 5.76 Å². The van der Waals surface area contributed by atoms with Crippen LogP contribution >= 0.6 is 0 Å². The Morgan fingerprint density at radius 3 is 2.95 bits per heavy atom. The zero-order valence-corrected chi connectivity index (χ0v) is 11.6. The van der Waals surface area contributed by atoms with Crippen LogP contribution in [0.4, 0.5) is 0 Å². The number of carbonyl (C=O) groups is 1. The van der Waals surface area contributed by atoms with Crippen molar-refractivity contribution in [2.75, 3.05) is 0 Å². The Labute approximate surface area is 126 Å². The van der Waals surface area contributed by atoms with Crippen LogP contribution < -0.4 is 5.32 Å². The maximum atomic E-state index is 11.7. The molecule has 6 nitrogen and oxygen atoms in total. The summed E-state index contributed by atoms with van der Waals surface area (Å²) in [5, 5.41) is 6.60. The number of rotatable bonds is 5. The molecule has 1 N–H and O–H groups in total. The fraction of sp³-hybridized carbons (Fsp3) is 0.0625. The normalized spacial score (nSPS) is 10.9. The first-order valence-corrected chi connectivity index (χ1v) is 6.68. The van der Waals surface area contributed by atoms with Crippen LogP contribution in [0, 0.1) is 0 Å². The topological polar surface area (TPSA) is 81.2 Å². The Kier molecular flexibility index (Phi) is 4.10. The third-order valence-electron chi connectivity index (χ3n) is 2.86. The van der Waals surface area contributed by atoms with Gasteiger partial charge >= 0.3 is 0 Å². The lowest BCUT2D eigenvalue weighted by Crippen LogP contribution is -2.20. The van der Waals surface area contributed by atoms with E-state index < -0.39 is 0 Å². The number of hydrogen-bond acceptors (Lipinski definition) is 5. The van der Waals surface area contributed by atoms with Gasteiger partial charge in [-0.3, -0.25) is 9.78 Å². The second kappa shape index (κ2) is 6.53. The van der Waals surface area contributed by atoms with Crippen molar-refractivity contribution in [3.05, 3.63) is 66.3 Å². The molecule has 0 fully saturated rings. The van der Waals surface area contributed by atoms with Crippen LogP contribution in [0.3, 0.4) is 0 Å². The van der Waals surface area contributed by atoms with Crippen molar-refractivity contribution in [2.24, 2.45) is 0 Å². The van der Waals surface area contributed by atoms with Gasteiger partial charge < -0.3 is 14.3 Å². The minimum absolute atomic E-state index is 0.229. The van der Waals surface area contributed by atoms with Crippen molar-refractivity contribution in [1.29, 1.82) is 0 Å². The van der Waals surface area contributed by atoms with Crippen LogP contribution in [0.15, 0.2) is 63.9 Å². The molecule has 0 aliphatic rings. The zero-order chi connectivity index (χ0) is 15.2. The first-order valence-electron chi connectivity index (χ1n) is 6.68. The van der Waals surface area contributed by atoms with Gasteiger partial charge in [0, 0.05) is 18.3 Å². The van der Waals surface area contributed by atoms with E-state index in [1.54, 1.807) is 36.7 Å². The summed E-state index contributed by atoms with van der Waals surface area (Å²) >= 11 is 0. The van der Waals surface area contributed by atoms with Crippen molar-refractivity contribution in [3.63, 3.8) is 0 Å². The Morgan fingerprint density at radius 2 is 2.18 bits per heavy atom. The minimum atomic E-state index is -0.229. The average Bonchev–Trinajstić information content (AvgIpc) is 3.22. The van der Waals surface area contributed by atoms with Crippen LogP contribution in [0.1, 0.15) is 11.4 Å². The molecule has 0 radical (unpaired) electrons. The van der Waals surface area contributed by atoms with Crippen molar-refractivity contribution in [1.82, 2.24) is 15.5 Å². The van der Waals surface area contributed by atoms with Gasteiger partial charge in [-0.2, -0.15) is 0 Å². The number of furan rings is 1. The molecule has 3 aromatic rings. The highest BCUT2D eigenvalue weighted by Gasteiger charge is 2.09. The smallest absolute Gasteiger partial charge is 0.244 e. The van der Waals surface area contributed by atoms with Gasteiger partial charge in [-0.05, 0) is 30.3 Å². The lowest BCUT2D eigenvalue weighted by molar-refractivity contribution is -0.116. The summed E-state index contributed by atoms with van der Waals surface area (Å²) in [4.78, 5) is 15.8. The molecular weight excluding hydrogens is 282 g/mol. The molecule has 0 atom stereocenters. The molecule has 22 heavy (non-hydrogen) atoms. The van der Waals surface area contributed by atoms with Crippen molar-refractivity contribution < 1.29 is 13.7 Å². The second-order valence-corrected chi connectivity index (χ2v) is 4.47. The quantitative estimate of drug-likeness (QED) is 0.732. The van der Waals surface area contributed by atoms with Crippen LogP contribution in [-0.4, -0.2) is 16.0 Å². The van der Waals surface area contributed by atoms with Gasteiger partial charge in [0.2, 0.25) is 11.7 Å². The number of hydrogen-bond donors (Lipinski definition) is 1. The molecule has 0 saturated heterocycles. The van der Waals surface area contributed by atoms with Gasteiger partial charge in [-0.15, -0.1) is 0 Å². The summed E-state index contributed by atoms with van der Waals surface area (Å²) in [5.74, 6) is 0.895. The summed E-state index contributed by atoms with van der Waals surface area (Å²) in [5.41, 5.74) is 1.34. The monoisotopic (exact) mass is 295 g/mol. The summed E-state index contributed by atoms with van der Waals surface area (Å²) in [6.45, 7) is 0.273. The molecule has 1 amide bonds. The Hall–Kier alpha value is -3.15. The molecule has 0 spiro atoms. The van der Waals surface area contributed by atoms with Crippen LogP contribution in [0.25, 0.3) is 17.6 Å². The highest BCUT2D eigenvalue weighted by atomic mass is 16.5. The van der Waals surface area contributed by atoms with E-state index in [9.17, 15) is 4.79 Å². The number of carbonyl (C=O) groups excluding carboxylic acids is 1. The van der Waals surface area contributed by atoms with Crippen LogP contribution in [0.2, 0.25) is 0 Å². The van der Waals surface area contributed by atoms with Gasteiger partial charge in [-0.25, -0.2) is 0 Å². The highest BCUT2D eigenvalue weighted by molar-refractivity contribution is 5.91. The van der Waals surface area contributed by atoms with Crippen molar-refractivity contribution in [3.8, 4) is 11.5 Å². The summed E-state index contributed by atoms with van der Waals surface area (Å²) in [7, 11) is 0. The first kappa shape index (κ1) is 13.8. The Balaban J connectivity index is 1.54. The largest absolute Gasteiger partial charge is 0.461 e. The molecular formula is C16H13N3O3. The molecule has 0 bridgehead atoms. The summed E-state index contributed by atoms with van der Waals surface area (Å²) < 4.78 is 10.4. The second-order valence-electron chi connectivity index (χ2n) is 4.47. The zero-order valence-electron chi connectivity index (χ0n) is 11.6. The maximum Gasteiger partial charge on any atom is 0.244 e. The minimum Gasteiger partial charge on any atom is -0.461 e. The first-order chi connectivity index (χ1) is 10.8. The van der Waals surface area contributed by atoms with E-state index in [4.69, 9.17) is 8.94 Å². The number of pyridine rings is 1. The van der Waals surface area contributed by atoms with E-state index in [0.29, 0.717) is 17.2 Å². The number of amides is 1. The van der Waals surface area contributed by atoms with E-state index in [1.807, 2.05) is 18.2 Å². The molecule has 3 heterocycles. The molecule has 3 rings (SSSR count). The fourth-order valence-corrected chi connectivity index (χ4v) is 1.80. The molecule has 0 aromatic carbocycles. The van der Waals surface area contributed by atoms with Gasteiger partial charge in [-0.1, -0.05) is 11.2 Å². The maximum absolute atomic E-state index is 11.7. The Bertz CT molecular complexity index is 761.